The van der Waals surface area contributed by atoms with Gasteiger partial charge in [0.2, 0.25) is 5.95 Å². The number of aryl methyl sites for hydroxylation is 1. The van der Waals surface area contributed by atoms with Crippen LogP contribution in [0.2, 0.25) is 0 Å². The first-order chi connectivity index (χ1) is 9.11. The van der Waals surface area contributed by atoms with Gasteiger partial charge in [0.25, 0.3) is 0 Å². The summed E-state index contributed by atoms with van der Waals surface area (Å²) in [6, 6.07) is 8.29. The van der Waals surface area contributed by atoms with E-state index in [9.17, 15) is 0 Å². The summed E-state index contributed by atoms with van der Waals surface area (Å²) < 4.78 is 8.23. The minimum Gasteiger partial charge on any atom is -0.383 e. The van der Waals surface area contributed by atoms with Crippen molar-refractivity contribution in [3.05, 3.63) is 40.6 Å². The Morgan fingerprint density at radius 2 is 2.16 bits per heavy atom. The summed E-state index contributed by atoms with van der Waals surface area (Å²) in [7, 11) is 1.70. The number of hydrogen-bond donors (Lipinski definition) is 1. The van der Waals surface area contributed by atoms with Gasteiger partial charge >= 0.3 is 0 Å². The van der Waals surface area contributed by atoms with Crippen LogP contribution in [0.5, 0.6) is 0 Å². The van der Waals surface area contributed by atoms with Crippen molar-refractivity contribution in [1.82, 2.24) is 9.55 Å². The topological polar surface area (TPSA) is 39.1 Å². The number of halogens is 1. The van der Waals surface area contributed by atoms with Crippen molar-refractivity contribution in [2.24, 2.45) is 0 Å². The zero-order valence-electron chi connectivity index (χ0n) is 11.4. The second-order valence-electron chi connectivity index (χ2n) is 4.53. The maximum absolute atomic E-state index is 5.14. The quantitative estimate of drug-likeness (QED) is 0.916. The zero-order chi connectivity index (χ0) is 13.8. The lowest BCUT2D eigenvalue weighted by Crippen LogP contribution is -2.22. The van der Waals surface area contributed by atoms with E-state index in [0.717, 1.165) is 21.8 Å². The zero-order valence-corrected chi connectivity index (χ0v) is 12.9. The summed E-state index contributed by atoms with van der Waals surface area (Å²) in [5, 5.41) is 3.36. The number of ether oxygens (including phenoxy) is 1. The molecular weight excluding hydrogens is 306 g/mol. The molecule has 0 saturated heterocycles. The molecule has 0 spiro atoms. The standard InChI is InChI=1S/C14H18BrN3O/c1-10-8-18(13-7-5-4-6-12(13)15)14(16-10)17-11(2)9-19-3/h4-8,11H,9H2,1-3H3,(H,16,17). The molecule has 0 bridgehead atoms. The van der Waals surface area contributed by atoms with Gasteiger partial charge < -0.3 is 10.1 Å². The van der Waals surface area contributed by atoms with Gasteiger partial charge in [-0.05, 0) is 41.9 Å². The van der Waals surface area contributed by atoms with Gasteiger partial charge in [-0.3, -0.25) is 4.57 Å². The van der Waals surface area contributed by atoms with Gasteiger partial charge in [-0.2, -0.15) is 0 Å². The van der Waals surface area contributed by atoms with Crippen molar-refractivity contribution in [3.63, 3.8) is 0 Å². The van der Waals surface area contributed by atoms with Gasteiger partial charge in [-0.1, -0.05) is 12.1 Å². The molecule has 0 aliphatic heterocycles. The Kier molecular flexibility index (Phi) is 4.61. The fourth-order valence-electron chi connectivity index (χ4n) is 1.94. The number of anilines is 1. The highest BCUT2D eigenvalue weighted by molar-refractivity contribution is 9.10. The first-order valence-corrected chi connectivity index (χ1v) is 6.97. The molecule has 19 heavy (non-hydrogen) atoms. The highest BCUT2D eigenvalue weighted by Crippen LogP contribution is 2.24. The summed E-state index contributed by atoms with van der Waals surface area (Å²) in [6.07, 6.45) is 2.02. The van der Waals surface area contributed by atoms with E-state index in [1.165, 1.54) is 0 Å². The molecule has 102 valence electrons. The predicted octanol–water partition coefficient (Wildman–Crippen LogP) is 3.39. The predicted molar refractivity (Wildman–Crippen MR) is 81.0 cm³/mol. The maximum Gasteiger partial charge on any atom is 0.208 e. The van der Waals surface area contributed by atoms with Crippen LogP contribution >= 0.6 is 15.9 Å². The molecule has 2 rings (SSSR count). The fourth-order valence-corrected chi connectivity index (χ4v) is 2.42. The van der Waals surface area contributed by atoms with Gasteiger partial charge in [0.1, 0.15) is 0 Å². The van der Waals surface area contributed by atoms with Crippen molar-refractivity contribution < 1.29 is 4.74 Å². The number of para-hydroxylation sites is 1. The maximum atomic E-state index is 5.14. The highest BCUT2D eigenvalue weighted by Gasteiger charge is 2.12. The summed E-state index contributed by atoms with van der Waals surface area (Å²) in [5.74, 6) is 0.828. The van der Waals surface area contributed by atoms with Crippen LogP contribution in [0.1, 0.15) is 12.6 Å². The Bertz CT molecular complexity index is 553. The molecule has 1 atom stereocenters. The van der Waals surface area contributed by atoms with Crippen molar-refractivity contribution in [2.45, 2.75) is 19.9 Å². The van der Waals surface area contributed by atoms with E-state index in [2.05, 4.69) is 39.2 Å². The van der Waals surface area contributed by atoms with Crippen LogP contribution in [0.15, 0.2) is 34.9 Å². The monoisotopic (exact) mass is 323 g/mol. The number of rotatable bonds is 5. The lowest BCUT2D eigenvalue weighted by molar-refractivity contribution is 0.190. The Balaban J connectivity index is 2.33. The first kappa shape index (κ1) is 14.1. The SMILES string of the molecule is COCC(C)Nc1nc(C)cn1-c1ccccc1Br. The van der Waals surface area contributed by atoms with Gasteiger partial charge in [0.15, 0.2) is 0 Å². The van der Waals surface area contributed by atoms with Crippen LogP contribution in [0.4, 0.5) is 5.95 Å². The molecule has 2 aromatic rings. The number of nitrogens with one attached hydrogen (secondary N) is 1. The summed E-state index contributed by atoms with van der Waals surface area (Å²) in [6.45, 7) is 4.69. The fraction of sp³-hybridized carbons (Fsp3) is 0.357. The van der Waals surface area contributed by atoms with Crippen LogP contribution in [0, 0.1) is 6.92 Å². The molecule has 1 aromatic carbocycles. The molecule has 0 saturated carbocycles. The average Bonchev–Trinajstić information content (AvgIpc) is 2.71. The van der Waals surface area contributed by atoms with Gasteiger partial charge in [-0.25, -0.2) is 4.98 Å². The molecule has 1 aromatic heterocycles. The summed E-state index contributed by atoms with van der Waals surface area (Å²) >= 11 is 3.57. The Morgan fingerprint density at radius 1 is 1.42 bits per heavy atom. The smallest absolute Gasteiger partial charge is 0.208 e. The molecule has 1 N–H and O–H groups in total. The third-order valence-electron chi connectivity index (χ3n) is 2.73. The minimum atomic E-state index is 0.202. The van der Waals surface area contributed by atoms with E-state index < -0.39 is 0 Å². The Labute approximate surface area is 121 Å². The molecule has 0 aliphatic rings. The van der Waals surface area contributed by atoms with Crippen LogP contribution in [0.25, 0.3) is 5.69 Å². The van der Waals surface area contributed by atoms with Crippen LogP contribution in [0.3, 0.4) is 0 Å². The molecule has 1 unspecified atom stereocenters. The van der Waals surface area contributed by atoms with E-state index in [-0.39, 0.29) is 6.04 Å². The molecule has 0 fully saturated rings. The number of benzene rings is 1. The van der Waals surface area contributed by atoms with E-state index >= 15 is 0 Å². The van der Waals surface area contributed by atoms with Crippen LogP contribution in [-0.4, -0.2) is 29.3 Å². The second-order valence-corrected chi connectivity index (χ2v) is 5.38. The second kappa shape index (κ2) is 6.21. The van der Waals surface area contributed by atoms with Crippen LogP contribution < -0.4 is 5.32 Å². The average molecular weight is 324 g/mol. The Morgan fingerprint density at radius 3 is 2.84 bits per heavy atom. The van der Waals surface area contributed by atoms with E-state index in [1.54, 1.807) is 7.11 Å². The number of methoxy groups -OCH3 is 1. The largest absolute Gasteiger partial charge is 0.383 e. The van der Waals surface area contributed by atoms with Crippen molar-refractivity contribution >= 4 is 21.9 Å². The lowest BCUT2D eigenvalue weighted by Gasteiger charge is -2.15. The van der Waals surface area contributed by atoms with Gasteiger partial charge in [-0.15, -0.1) is 0 Å². The third-order valence-corrected chi connectivity index (χ3v) is 3.40. The third kappa shape index (κ3) is 3.36. The van der Waals surface area contributed by atoms with Crippen LogP contribution in [-0.2, 0) is 4.74 Å². The van der Waals surface area contributed by atoms with E-state index in [4.69, 9.17) is 4.74 Å². The number of imidazole rings is 1. The van der Waals surface area contributed by atoms with Crippen molar-refractivity contribution in [1.29, 1.82) is 0 Å². The summed E-state index contributed by atoms with van der Waals surface area (Å²) in [5.41, 5.74) is 2.04. The molecular formula is C14H18BrN3O. The molecule has 4 nitrogen and oxygen atoms in total. The lowest BCUT2D eigenvalue weighted by atomic mass is 10.3. The van der Waals surface area contributed by atoms with Gasteiger partial charge in [0, 0.05) is 23.8 Å². The van der Waals surface area contributed by atoms with Crippen molar-refractivity contribution in [3.8, 4) is 5.69 Å². The highest BCUT2D eigenvalue weighted by atomic mass is 79.9. The van der Waals surface area contributed by atoms with E-state index in [0.29, 0.717) is 6.61 Å². The molecule has 0 radical (unpaired) electrons. The summed E-state index contributed by atoms with van der Waals surface area (Å²) in [4.78, 5) is 4.53. The molecule has 5 heteroatoms. The number of aromatic nitrogens is 2. The molecule has 0 aliphatic carbocycles. The molecule has 0 amide bonds. The normalized spacial score (nSPS) is 12.4. The number of hydrogen-bond acceptors (Lipinski definition) is 3. The Hall–Kier alpha value is -1.33. The van der Waals surface area contributed by atoms with E-state index in [1.807, 2.05) is 35.9 Å². The van der Waals surface area contributed by atoms with Gasteiger partial charge in [0.05, 0.1) is 18.0 Å². The number of nitrogens with zero attached hydrogens (tertiary/aromatic N) is 2. The minimum absolute atomic E-state index is 0.202. The van der Waals surface area contributed by atoms with Crippen molar-refractivity contribution in [2.75, 3.05) is 19.0 Å². The first-order valence-electron chi connectivity index (χ1n) is 6.18. The molecule has 1 heterocycles.